The van der Waals surface area contributed by atoms with Crippen LogP contribution in [0.3, 0.4) is 0 Å². The molecule has 0 bridgehead atoms. The molecular weight excluding hydrogens is 365 g/mol. The van der Waals surface area contributed by atoms with Gasteiger partial charge in [0.05, 0.1) is 6.04 Å². The van der Waals surface area contributed by atoms with Gasteiger partial charge in [0.1, 0.15) is 0 Å². The summed E-state index contributed by atoms with van der Waals surface area (Å²) in [6, 6.07) is 16.7. The third kappa shape index (κ3) is 3.41. The normalized spacial score (nSPS) is 24.9. The Morgan fingerprint density at radius 3 is 2.57 bits per heavy atom. The van der Waals surface area contributed by atoms with Crippen LogP contribution in [0.25, 0.3) is 0 Å². The van der Waals surface area contributed by atoms with Gasteiger partial charge in [-0.05, 0) is 42.5 Å². The number of nitrogens with one attached hydrogen (secondary N) is 1. The molecule has 3 nitrogen and oxygen atoms in total. The number of hydrogen-bond acceptors (Lipinski definition) is 2. The van der Waals surface area contributed by atoms with E-state index in [1.165, 1.54) is 0 Å². The Morgan fingerprint density at radius 2 is 1.82 bits per heavy atom. The number of likely N-dealkylation sites (tertiary alicyclic amines) is 1. The largest absolute Gasteiger partial charge is 0.404 e. The number of halogens is 3. The number of amides is 1. The Labute approximate surface area is 162 Å². The van der Waals surface area contributed by atoms with Gasteiger partial charge in [0, 0.05) is 13.1 Å². The highest BCUT2D eigenvalue weighted by molar-refractivity contribution is 5.84. The van der Waals surface area contributed by atoms with Gasteiger partial charge in [-0.3, -0.25) is 9.69 Å². The predicted octanol–water partition coefficient (Wildman–Crippen LogP) is 4.24. The maximum absolute atomic E-state index is 14.1. The molecule has 0 spiro atoms. The third-order valence-corrected chi connectivity index (χ3v) is 6.01. The lowest BCUT2D eigenvalue weighted by Gasteiger charge is -2.32. The summed E-state index contributed by atoms with van der Waals surface area (Å²) in [5.41, 5.74) is 0.642. The molecule has 2 aromatic rings. The van der Waals surface area contributed by atoms with E-state index in [2.05, 4.69) is 5.32 Å². The minimum Gasteiger partial charge on any atom is -0.348 e. The Hall–Kier alpha value is -2.34. The standard InChI is InChI=1S/C22H23F3N2O/c23-22(24,25)21(12-13-27(15-21)14-16-6-2-1-3-7-16)20(28)26-19-11-10-17-8-4-5-9-18(17)19/h1-9,19H,10-15H2,(H,26,28)/t19-,21+/m0/s1. The fourth-order valence-corrected chi connectivity index (χ4v) is 4.41. The lowest BCUT2D eigenvalue weighted by atomic mass is 9.84. The SMILES string of the molecule is O=C(N[C@H]1CCc2ccccc21)[C@@]1(C(F)(F)F)CCN(Cc2ccccc2)C1. The van der Waals surface area contributed by atoms with Gasteiger partial charge in [-0.15, -0.1) is 0 Å². The van der Waals surface area contributed by atoms with Crippen LogP contribution in [0.4, 0.5) is 13.2 Å². The van der Waals surface area contributed by atoms with E-state index in [1.54, 1.807) is 4.90 Å². The van der Waals surface area contributed by atoms with Crippen LogP contribution in [0.5, 0.6) is 0 Å². The first-order valence-corrected chi connectivity index (χ1v) is 9.61. The Balaban J connectivity index is 1.51. The molecule has 4 rings (SSSR count). The first-order chi connectivity index (χ1) is 13.4. The van der Waals surface area contributed by atoms with E-state index < -0.39 is 17.5 Å². The van der Waals surface area contributed by atoms with Crippen molar-refractivity contribution < 1.29 is 18.0 Å². The Kier molecular flexibility index (Phi) is 4.91. The van der Waals surface area contributed by atoms with Crippen LogP contribution in [0.15, 0.2) is 54.6 Å². The molecule has 1 aliphatic carbocycles. The van der Waals surface area contributed by atoms with Crippen molar-refractivity contribution in [3.05, 3.63) is 71.3 Å². The van der Waals surface area contributed by atoms with Crippen LogP contribution in [0, 0.1) is 5.41 Å². The number of carbonyl (C=O) groups excluding carboxylic acids is 1. The fraction of sp³-hybridized carbons (Fsp3) is 0.409. The average molecular weight is 388 g/mol. The minimum atomic E-state index is -4.58. The van der Waals surface area contributed by atoms with Gasteiger partial charge in [0.25, 0.3) is 0 Å². The molecule has 1 N–H and O–H groups in total. The lowest BCUT2D eigenvalue weighted by molar-refractivity contribution is -0.218. The number of rotatable bonds is 4. The van der Waals surface area contributed by atoms with Crippen molar-refractivity contribution in [3.63, 3.8) is 0 Å². The molecule has 1 amide bonds. The zero-order valence-electron chi connectivity index (χ0n) is 15.5. The second kappa shape index (κ2) is 7.24. The van der Waals surface area contributed by atoms with Gasteiger partial charge in [-0.1, -0.05) is 54.6 Å². The van der Waals surface area contributed by atoms with Crippen LogP contribution >= 0.6 is 0 Å². The highest BCUT2D eigenvalue weighted by Crippen LogP contribution is 2.47. The summed E-state index contributed by atoms with van der Waals surface area (Å²) in [5, 5.41) is 2.72. The maximum Gasteiger partial charge on any atom is 0.404 e. The van der Waals surface area contributed by atoms with Gasteiger partial charge in [0.2, 0.25) is 5.91 Å². The summed E-state index contributed by atoms with van der Waals surface area (Å²) < 4.78 is 42.2. The fourth-order valence-electron chi connectivity index (χ4n) is 4.41. The van der Waals surface area contributed by atoms with Crippen molar-refractivity contribution in [2.45, 2.75) is 38.0 Å². The van der Waals surface area contributed by atoms with E-state index in [0.717, 1.165) is 23.1 Å². The summed E-state index contributed by atoms with van der Waals surface area (Å²) in [6.07, 6.45) is -3.36. The number of hydrogen-bond donors (Lipinski definition) is 1. The molecule has 1 saturated heterocycles. The molecule has 0 aromatic heterocycles. The van der Waals surface area contributed by atoms with Crippen LogP contribution in [-0.2, 0) is 17.8 Å². The van der Waals surface area contributed by atoms with Gasteiger partial charge >= 0.3 is 6.18 Å². The summed E-state index contributed by atoms with van der Waals surface area (Å²) in [6.45, 7) is 0.368. The third-order valence-electron chi connectivity index (χ3n) is 6.01. The van der Waals surface area contributed by atoms with Gasteiger partial charge in [-0.2, -0.15) is 13.2 Å². The highest BCUT2D eigenvalue weighted by atomic mass is 19.4. The molecule has 2 aromatic carbocycles. The van der Waals surface area contributed by atoms with E-state index in [-0.39, 0.29) is 25.6 Å². The Bertz CT molecular complexity index is 852. The van der Waals surface area contributed by atoms with E-state index in [1.807, 2.05) is 54.6 Å². The number of carbonyl (C=O) groups is 1. The second-order valence-electron chi connectivity index (χ2n) is 7.79. The number of benzene rings is 2. The van der Waals surface area contributed by atoms with Crippen molar-refractivity contribution in [1.29, 1.82) is 0 Å². The molecule has 0 radical (unpaired) electrons. The number of alkyl halides is 3. The van der Waals surface area contributed by atoms with Gasteiger partial charge in [-0.25, -0.2) is 0 Å². The van der Waals surface area contributed by atoms with E-state index in [0.29, 0.717) is 13.0 Å². The monoisotopic (exact) mass is 388 g/mol. The van der Waals surface area contributed by atoms with Gasteiger partial charge < -0.3 is 5.32 Å². The first-order valence-electron chi connectivity index (χ1n) is 9.61. The van der Waals surface area contributed by atoms with Crippen LogP contribution in [0.1, 0.15) is 35.6 Å². The molecule has 1 aliphatic heterocycles. The lowest BCUT2D eigenvalue weighted by Crippen LogP contribution is -2.52. The summed E-state index contributed by atoms with van der Waals surface area (Å²) >= 11 is 0. The summed E-state index contributed by atoms with van der Waals surface area (Å²) in [7, 11) is 0. The van der Waals surface area contributed by atoms with E-state index >= 15 is 0 Å². The smallest absolute Gasteiger partial charge is 0.348 e. The van der Waals surface area contributed by atoms with Crippen LogP contribution < -0.4 is 5.32 Å². The quantitative estimate of drug-likeness (QED) is 0.850. The predicted molar refractivity (Wildman–Crippen MR) is 100 cm³/mol. The molecule has 0 unspecified atom stereocenters. The molecule has 0 saturated carbocycles. The second-order valence-corrected chi connectivity index (χ2v) is 7.79. The summed E-state index contributed by atoms with van der Waals surface area (Å²) in [4.78, 5) is 14.6. The topological polar surface area (TPSA) is 32.3 Å². The first kappa shape index (κ1) is 19.0. The van der Waals surface area contributed by atoms with E-state index in [4.69, 9.17) is 0 Å². The molecule has 6 heteroatoms. The Morgan fingerprint density at radius 1 is 1.11 bits per heavy atom. The van der Waals surface area contributed by atoms with Crippen LogP contribution in [-0.4, -0.2) is 30.1 Å². The molecule has 1 fully saturated rings. The van der Waals surface area contributed by atoms with E-state index in [9.17, 15) is 18.0 Å². The average Bonchev–Trinajstić information content (AvgIpc) is 3.28. The van der Waals surface area contributed by atoms with Crippen molar-refractivity contribution in [3.8, 4) is 0 Å². The number of aryl methyl sites for hydroxylation is 1. The van der Waals surface area contributed by atoms with Crippen molar-refractivity contribution >= 4 is 5.91 Å². The molecule has 28 heavy (non-hydrogen) atoms. The number of fused-ring (bicyclic) bond motifs is 1. The highest BCUT2D eigenvalue weighted by Gasteiger charge is 2.63. The molecule has 148 valence electrons. The van der Waals surface area contributed by atoms with Crippen molar-refractivity contribution in [1.82, 2.24) is 10.2 Å². The van der Waals surface area contributed by atoms with Crippen LogP contribution in [0.2, 0.25) is 0 Å². The molecule has 2 atom stereocenters. The molecule has 2 aliphatic rings. The minimum absolute atomic E-state index is 0.205. The molecular formula is C22H23F3N2O. The number of nitrogens with zero attached hydrogens (tertiary/aromatic N) is 1. The van der Waals surface area contributed by atoms with Crippen molar-refractivity contribution in [2.75, 3.05) is 13.1 Å². The van der Waals surface area contributed by atoms with Gasteiger partial charge in [0.15, 0.2) is 5.41 Å². The maximum atomic E-state index is 14.1. The molecule has 1 heterocycles. The summed E-state index contributed by atoms with van der Waals surface area (Å²) in [5.74, 6) is -0.891. The zero-order chi connectivity index (χ0) is 19.8. The van der Waals surface area contributed by atoms with Crippen molar-refractivity contribution in [2.24, 2.45) is 5.41 Å². The zero-order valence-corrected chi connectivity index (χ0v) is 15.5.